The molecule has 234 valence electrons. The Hall–Kier alpha value is -5.29. The van der Waals surface area contributed by atoms with E-state index in [-0.39, 0.29) is 5.41 Å². The molecule has 3 aliphatic heterocycles. The maximum atomic E-state index is 6.73. The molecule has 0 unspecified atom stereocenters. The minimum absolute atomic E-state index is 0.0812. The van der Waals surface area contributed by atoms with Gasteiger partial charge in [0.05, 0.1) is 11.4 Å². The summed E-state index contributed by atoms with van der Waals surface area (Å²) in [5.41, 5.74) is 8.64. The molecular weight excluding hydrogens is 631 g/mol. The van der Waals surface area contributed by atoms with Gasteiger partial charge in [0.2, 0.25) is 0 Å². The Morgan fingerprint density at radius 2 is 1.00 bits per heavy atom. The number of ether oxygens (including phenoxy) is 1. The summed E-state index contributed by atoms with van der Waals surface area (Å²) in [4.78, 5) is 5.11. The van der Waals surface area contributed by atoms with Crippen LogP contribution >= 0.6 is 11.8 Å². The van der Waals surface area contributed by atoms with Gasteiger partial charge in [-0.3, -0.25) is 0 Å². The second-order valence-corrected chi connectivity index (χ2v) is 18.4. The van der Waals surface area contributed by atoms with Crippen LogP contribution in [-0.2, 0) is 5.41 Å². The molecule has 0 atom stereocenters. The summed E-state index contributed by atoms with van der Waals surface area (Å²) in [5.74, 6) is 1.94. The second-order valence-electron chi connectivity index (χ2n) is 13.7. The number of benzene rings is 7. The highest BCUT2D eigenvalue weighted by Crippen LogP contribution is 2.51. The van der Waals surface area contributed by atoms with Crippen molar-refractivity contribution in [2.75, 3.05) is 4.90 Å². The van der Waals surface area contributed by atoms with Gasteiger partial charge in [-0.2, -0.15) is 0 Å². The van der Waals surface area contributed by atoms with Gasteiger partial charge in [-0.25, -0.2) is 0 Å². The molecule has 0 saturated carbocycles. The van der Waals surface area contributed by atoms with Crippen LogP contribution in [0.4, 0.5) is 17.1 Å². The van der Waals surface area contributed by atoms with Crippen molar-refractivity contribution in [1.29, 1.82) is 0 Å². The standard InChI is InChI=1S/C45H33NOSSi/c1-45(2)33-13-3-5-15-35(33)46(36-16-6-4-14-34(36)45)32-26-23-30(24-27-32)31-25-28-38-44(29-31)49(41-20-10-7-17-37(41)47-38)42-21-11-8-18-39(42)48-40-19-9-12-22-43(40)49/h3-29H,1-2H3. The van der Waals surface area contributed by atoms with Crippen molar-refractivity contribution in [3.05, 3.63) is 175 Å². The largest absolute Gasteiger partial charge is 0.458 e. The summed E-state index contributed by atoms with van der Waals surface area (Å²) in [6.45, 7) is 4.67. The van der Waals surface area contributed by atoms with Crippen LogP contribution in [0.3, 0.4) is 0 Å². The number of rotatable bonds is 2. The Morgan fingerprint density at radius 3 is 1.65 bits per heavy atom. The van der Waals surface area contributed by atoms with E-state index in [2.05, 4.69) is 183 Å². The minimum atomic E-state index is -2.70. The molecule has 2 nitrogen and oxygen atoms in total. The summed E-state index contributed by atoms with van der Waals surface area (Å²) >= 11 is 1.89. The first kappa shape index (κ1) is 28.7. The molecule has 0 aliphatic carbocycles. The van der Waals surface area contributed by atoms with E-state index in [1.165, 1.54) is 64.2 Å². The molecule has 49 heavy (non-hydrogen) atoms. The van der Waals surface area contributed by atoms with Gasteiger partial charge in [-0.1, -0.05) is 141 Å². The van der Waals surface area contributed by atoms with Crippen molar-refractivity contribution in [2.45, 2.75) is 29.1 Å². The number of nitrogens with zero attached hydrogens (tertiary/aromatic N) is 1. The van der Waals surface area contributed by atoms with Gasteiger partial charge < -0.3 is 9.64 Å². The van der Waals surface area contributed by atoms with Crippen molar-refractivity contribution in [3.63, 3.8) is 0 Å². The second kappa shape index (κ2) is 10.6. The smallest absolute Gasteiger partial charge is 0.190 e. The van der Waals surface area contributed by atoms with Crippen LogP contribution in [-0.4, -0.2) is 8.07 Å². The normalized spacial score (nSPS) is 15.5. The van der Waals surface area contributed by atoms with Crippen LogP contribution in [0.25, 0.3) is 11.1 Å². The molecule has 1 spiro atoms. The van der Waals surface area contributed by atoms with E-state index in [4.69, 9.17) is 4.74 Å². The maximum Gasteiger partial charge on any atom is 0.190 e. The monoisotopic (exact) mass is 663 g/mol. The molecule has 3 heterocycles. The van der Waals surface area contributed by atoms with Gasteiger partial charge in [0.25, 0.3) is 0 Å². The molecule has 0 aromatic heterocycles. The fourth-order valence-corrected chi connectivity index (χ4v) is 15.7. The molecule has 0 fully saturated rings. The zero-order valence-corrected chi connectivity index (χ0v) is 29.2. The molecular formula is C45H33NOSSi. The zero-order chi connectivity index (χ0) is 32.7. The van der Waals surface area contributed by atoms with Crippen LogP contribution in [0.15, 0.2) is 174 Å². The third kappa shape index (κ3) is 4.02. The summed E-state index contributed by atoms with van der Waals surface area (Å²) in [5, 5.41) is 5.51. The average molecular weight is 664 g/mol. The Labute approximate surface area is 292 Å². The molecule has 0 radical (unpaired) electrons. The van der Waals surface area contributed by atoms with E-state index >= 15 is 0 Å². The van der Waals surface area contributed by atoms with Crippen molar-refractivity contribution >= 4 is 57.6 Å². The third-order valence-corrected chi connectivity index (χ3v) is 17.2. The molecule has 10 rings (SSSR count). The van der Waals surface area contributed by atoms with E-state index in [1.807, 2.05) is 11.8 Å². The van der Waals surface area contributed by atoms with Crippen molar-refractivity contribution in [1.82, 2.24) is 0 Å². The molecule has 4 heteroatoms. The van der Waals surface area contributed by atoms with E-state index < -0.39 is 8.07 Å². The van der Waals surface area contributed by atoms with Gasteiger partial charge >= 0.3 is 0 Å². The highest BCUT2D eigenvalue weighted by atomic mass is 32.2. The molecule has 0 saturated heterocycles. The number of hydrogen-bond donors (Lipinski definition) is 0. The van der Waals surface area contributed by atoms with Crippen LogP contribution in [0.5, 0.6) is 11.5 Å². The van der Waals surface area contributed by atoms with Gasteiger partial charge in [0.15, 0.2) is 8.07 Å². The number of para-hydroxylation sites is 3. The minimum Gasteiger partial charge on any atom is -0.458 e. The number of anilines is 3. The van der Waals surface area contributed by atoms with Gasteiger partial charge in [0, 0.05) is 20.9 Å². The van der Waals surface area contributed by atoms with Gasteiger partial charge in [-0.05, 0) is 91.5 Å². The lowest BCUT2D eigenvalue weighted by Crippen LogP contribution is -2.77. The number of fused-ring (bicyclic) bond motifs is 10. The quantitative estimate of drug-likeness (QED) is 0.171. The topological polar surface area (TPSA) is 12.5 Å². The third-order valence-electron chi connectivity index (χ3n) is 10.8. The first-order valence-electron chi connectivity index (χ1n) is 16.9. The lowest BCUT2D eigenvalue weighted by Gasteiger charge is -2.43. The van der Waals surface area contributed by atoms with Crippen molar-refractivity contribution in [3.8, 4) is 22.6 Å². The Kier molecular flexibility index (Phi) is 6.21. The predicted octanol–water partition coefficient (Wildman–Crippen LogP) is 9.41. The SMILES string of the molecule is CC1(C)c2ccccc2N(c2ccc(-c3ccc4c(c3)[Si]3(c5ccccc5O4)c4ccccc4Sc4ccccc43)cc2)c2ccccc21. The lowest BCUT2D eigenvalue weighted by molar-refractivity contribution is 0.487. The molecule has 0 N–H and O–H groups in total. The van der Waals surface area contributed by atoms with Crippen LogP contribution in [0.2, 0.25) is 0 Å². The fourth-order valence-electron chi connectivity index (χ4n) is 8.55. The summed E-state index contributed by atoms with van der Waals surface area (Å²) < 4.78 is 6.73. The highest BCUT2D eigenvalue weighted by Gasteiger charge is 2.52. The summed E-state index contributed by atoms with van der Waals surface area (Å²) in [7, 11) is -2.70. The zero-order valence-electron chi connectivity index (χ0n) is 27.4. The predicted molar refractivity (Wildman–Crippen MR) is 207 cm³/mol. The molecule has 7 aromatic carbocycles. The lowest BCUT2D eigenvalue weighted by atomic mass is 9.73. The molecule has 0 amide bonds. The Morgan fingerprint density at radius 1 is 0.490 bits per heavy atom. The van der Waals surface area contributed by atoms with Crippen LogP contribution in [0.1, 0.15) is 25.0 Å². The molecule has 3 aliphatic rings. The first-order valence-corrected chi connectivity index (χ1v) is 19.7. The number of hydrogen-bond acceptors (Lipinski definition) is 3. The van der Waals surface area contributed by atoms with Gasteiger partial charge in [-0.15, -0.1) is 0 Å². The van der Waals surface area contributed by atoms with E-state index in [1.54, 1.807) is 0 Å². The van der Waals surface area contributed by atoms with E-state index in [0.29, 0.717) is 0 Å². The molecule has 0 bridgehead atoms. The highest BCUT2D eigenvalue weighted by molar-refractivity contribution is 8.00. The van der Waals surface area contributed by atoms with Crippen LogP contribution in [0, 0.1) is 0 Å². The molecule has 7 aromatic rings. The average Bonchev–Trinajstić information content (AvgIpc) is 3.15. The van der Waals surface area contributed by atoms with E-state index in [0.717, 1.165) is 17.2 Å². The van der Waals surface area contributed by atoms with Crippen molar-refractivity contribution < 1.29 is 4.74 Å². The summed E-state index contributed by atoms with van der Waals surface area (Å²) in [6, 6.07) is 60.5. The summed E-state index contributed by atoms with van der Waals surface area (Å²) in [6.07, 6.45) is 0. The van der Waals surface area contributed by atoms with Crippen LogP contribution < -0.4 is 30.4 Å². The fraction of sp³-hybridized carbons (Fsp3) is 0.0667. The van der Waals surface area contributed by atoms with Crippen molar-refractivity contribution in [2.24, 2.45) is 0 Å². The first-order chi connectivity index (χ1) is 24.0. The maximum absolute atomic E-state index is 6.73. The Bertz CT molecular complexity index is 2300. The van der Waals surface area contributed by atoms with E-state index in [9.17, 15) is 0 Å². The van der Waals surface area contributed by atoms with Gasteiger partial charge in [0.1, 0.15) is 11.5 Å². The Balaban J connectivity index is 1.14.